The van der Waals surface area contributed by atoms with Crippen LogP contribution in [-0.2, 0) is 11.4 Å². The SMILES string of the molecule is CC[C@@H](C)NC(=O)/C=C/c1ccc(OCc2ccncc2)cc1. The highest BCUT2D eigenvalue weighted by Gasteiger charge is 2.01. The number of hydrogen-bond acceptors (Lipinski definition) is 3. The number of rotatable bonds is 7. The number of benzene rings is 1. The van der Waals surface area contributed by atoms with E-state index >= 15 is 0 Å². The molecule has 4 heteroatoms. The summed E-state index contributed by atoms with van der Waals surface area (Å²) in [7, 11) is 0. The topological polar surface area (TPSA) is 51.2 Å². The molecule has 1 aromatic heterocycles. The van der Waals surface area contributed by atoms with Gasteiger partial charge < -0.3 is 10.1 Å². The molecule has 1 amide bonds. The Morgan fingerprint density at radius 2 is 1.91 bits per heavy atom. The Hall–Kier alpha value is -2.62. The van der Waals surface area contributed by atoms with Gasteiger partial charge in [0, 0.05) is 24.5 Å². The first-order valence-electron chi connectivity index (χ1n) is 7.77. The van der Waals surface area contributed by atoms with E-state index < -0.39 is 0 Å². The van der Waals surface area contributed by atoms with Crippen LogP contribution in [0.1, 0.15) is 31.4 Å². The van der Waals surface area contributed by atoms with E-state index in [1.54, 1.807) is 24.5 Å². The second kappa shape index (κ2) is 8.73. The molecule has 0 aliphatic rings. The molecule has 1 N–H and O–H groups in total. The van der Waals surface area contributed by atoms with Crippen LogP contribution < -0.4 is 10.1 Å². The first-order valence-corrected chi connectivity index (χ1v) is 7.77. The summed E-state index contributed by atoms with van der Waals surface area (Å²) in [4.78, 5) is 15.7. The minimum absolute atomic E-state index is 0.0719. The molecule has 0 aliphatic carbocycles. The molecule has 0 unspecified atom stereocenters. The standard InChI is InChI=1S/C19H22N2O2/c1-3-15(2)21-19(22)9-6-16-4-7-18(8-5-16)23-14-17-10-12-20-13-11-17/h4-13,15H,3,14H2,1-2H3,(H,21,22)/b9-6+/t15-/m1/s1. The van der Waals surface area contributed by atoms with Crippen molar-refractivity contribution in [1.29, 1.82) is 0 Å². The number of amides is 1. The van der Waals surface area contributed by atoms with Crippen molar-refractivity contribution < 1.29 is 9.53 Å². The number of pyridine rings is 1. The first-order chi connectivity index (χ1) is 11.2. The molecular weight excluding hydrogens is 288 g/mol. The summed E-state index contributed by atoms with van der Waals surface area (Å²) in [5, 5.41) is 2.89. The number of ether oxygens (including phenoxy) is 1. The van der Waals surface area contributed by atoms with Gasteiger partial charge in [-0.3, -0.25) is 9.78 Å². The van der Waals surface area contributed by atoms with Gasteiger partial charge in [0.05, 0.1) is 0 Å². The zero-order valence-electron chi connectivity index (χ0n) is 13.5. The van der Waals surface area contributed by atoms with E-state index in [0.717, 1.165) is 23.3 Å². The quantitative estimate of drug-likeness (QED) is 0.795. The van der Waals surface area contributed by atoms with Crippen molar-refractivity contribution in [3.8, 4) is 5.75 Å². The average Bonchev–Trinajstić information content (AvgIpc) is 2.60. The van der Waals surface area contributed by atoms with Crippen molar-refractivity contribution in [2.75, 3.05) is 0 Å². The van der Waals surface area contributed by atoms with Crippen molar-refractivity contribution in [2.45, 2.75) is 32.9 Å². The lowest BCUT2D eigenvalue weighted by atomic mass is 10.2. The Morgan fingerprint density at radius 1 is 1.22 bits per heavy atom. The summed E-state index contributed by atoms with van der Waals surface area (Å²) in [5.74, 6) is 0.723. The molecule has 0 saturated heterocycles. The predicted octanol–water partition coefficient (Wildman–Crippen LogP) is 3.59. The summed E-state index contributed by atoms with van der Waals surface area (Å²) in [5.41, 5.74) is 2.03. The minimum Gasteiger partial charge on any atom is -0.489 e. The van der Waals surface area contributed by atoms with Gasteiger partial charge in [-0.1, -0.05) is 19.1 Å². The van der Waals surface area contributed by atoms with Gasteiger partial charge >= 0.3 is 0 Å². The number of carbonyl (C=O) groups is 1. The van der Waals surface area contributed by atoms with E-state index in [4.69, 9.17) is 4.74 Å². The number of hydrogen-bond donors (Lipinski definition) is 1. The van der Waals surface area contributed by atoms with Gasteiger partial charge in [0.25, 0.3) is 0 Å². The van der Waals surface area contributed by atoms with Crippen molar-refractivity contribution >= 4 is 12.0 Å². The number of nitrogens with one attached hydrogen (secondary N) is 1. The van der Waals surface area contributed by atoms with E-state index in [2.05, 4.69) is 10.3 Å². The lowest BCUT2D eigenvalue weighted by Crippen LogP contribution is -2.30. The zero-order valence-corrected chi connectivity index (χ0v) is 13.5. The normalized spacial score (nSPS) is 12.1. The van der Waals surface area contributed by atoms with Gasteiger partial charge in [-0.15, -0.1) is 0 Å². The van der Waals surface area contributed by atoms with Crippen LogP contribution in [0.3, 0.4) is 0 Å². The maximum absolute atomic E-state index is 11.7. The van der Waals surface area contributed by atoms with Gasteiger partial charge in [-0.25, -0.2) is 0 Å². The Kier molecular flexibility index (Phi) is 6.36. The van der Waals surface area contributed by atoms with Gasteiger partial charge in [-0.05, 0) is 54.8 Å². The minimum atomic E-state index is -0.0719. The molecule has 2 aromatic rings. The second-order valence-corrected chi connectivity index (χ2v) is 5.36. The molecule has 0 fully saturated rings. The summed E-state index contributed by atoms with van der Waals surface area (Å²) >= 11 is 0. The van der Waals surface area contributed by atoms with Gasteiger partial charge in [0.1, 0.15) is 12.4 Å². The third kappa shape index (κ3) is 5.94. The zero-order chi connectivity index (χ0) is 16.5. The molecule has 23 heavy (non-hydrogen) atoms. The van der Waals surface area contributed by atoms with Crippen LogP contribution in [0, 0.1) is 0 Å². The van der Waals surface area contributed by atoms with Crippen LogP contribution in [0.25, 0.3) is 6.08 Å². The summed E-state index contributed by atoms with van der Waals surface area (Å²) in [6.45, 7) is 4.54. The third-order valence-electron chi connectivity index (χ3n) is 3.46. The van der Waals surface area contributed by atoms with Crippen LogP contribution in [-0.4, -0.2) is 16.9 Å². The van der Waals surface area contributed by atoms with Crippen molar-refractivity contribution in [3.63, 3.8) is 0 Å². The molecule has 1 aromatic carbocycles. The maximum atomic E-state index is 11.7. The molecule has 120 valence electrons. The van der Waals surface area contributed by atoms with Gasteiger partial charge in [0.2, 0.25) is 5.91 Å². The molecule has 0 aliphatic heterocycles. The first kappa shape index (κ1) is 16.7. The summed E-state index contributed by atoms with van der Waals surface area (Å²) in [6, 6.07) is 11.7. The third-order valence-corrected chi connectivity index (χ3v) is 3.46. The van der Waals surface area contributed by atoms with Crippen LogP contribution in [0.2, 0.25) is 0 Å². The predicted molar refractivity (Wildman–Crippen MR) is 91.9 cm³/mol. The van der Waals surface area contributed by atoms with Crippen LogP contribution >= 0.6 is 0 Å². The molecule has 0 radical (unpaired) electrons. The average molecular weight is 310 g/mol. The van der Waals surface area contributed by atoms with E-state index in [9.17, 15) is 4.79 Å². The Morgan fingerprint density at radius 3 is 2.57 bits per heavy atom. The lowest BCUT2D eigenvalue weighted by Gasteiger charge is -2.08. The summed E-state index contributed by atoms with van der Waals surface area (Å²) < 4.78 is 5.71. The molecular formula is C19H22N2O2. The van der Waals surface area contributed by atoms with E-state index in [-0.39, 0.29) is 11.9 Å². The molecule has 0 bridgehead atoms. The van der Waals surface area contributed by atoms with Crippen LogP contribution in [0.5, 0.6) is 5.75 Å². The van der Waals surface area contributed by atoms with Gasteiger partial charge in [-0.2, -0.15) is 0 Å². The van der Waals surface area contributed by atoms with Crippen molar-refractivity contribution in [3.05, 3.63) is 66.0 Å². The second-order valence-electron chi connectivity index (χ2n) is 5.36. The maximum Gasteiger partial charge on any atom is 0.244 e. The fraction of sp³-hybridized carbons (Fsp3) is 0.263. The van der Waals surface area contributed by atoms with Crippen LogP contribution in [0.15, 0.2) is 54.9 Å². The molecule has 4 nitrogen and oxygen atoms in total. The Balaban J connectivity index is 1.85. The molecule has 1 heterocycles. The Labute approximate surface area is 137 Å². The van der Waals surface area contributed by atoms with Gasteiger partial charge in [0.15, 0.2) is 0 Å². The number of nitrogens with zero attached hydrogens (tertiary/aromatic N) is 1. The fourth-order valence-corrected chi connectivity index (χ4v) is 1.89. The number of aromatic nitrogens is 1. The van der Waals surface area contributed by atoms with Crippen LogP contribution in [0.4, 0.5) is 0 Å². The summed E-state index contributed by atoms with van der Waals surface area (Å²) in [6.07, 6.45) is 7.76. The largest absolute Gasteiger partial charge is 0.489 e. The molecule has 1 atom stereocenters. The number of carbonyl (C=O) groups excluding carboxylic acids is 1. The highest BCUT2D eigenvalue weighted by Crippen LogP contribution is 2.15. The van der Waals surface area contributed by atoms with Crippen molar-refractivity contribution in [2.24, 2.45) is 0 Å². The van der Waals surface area contributed by atoms with E-state index in [1.807, 2.05) is 50.2 Å². The molecule has 0 saturated carbocycles. The van der Waals surface area contributed by atoms with Crippen molar-refractivity contribution in [1.82, 2.24) is 10.3 Å². The monoisotopic (exact) mass is 310 g/mol. The molecule has 0 spiro atoms. The lowest BCUT2D eigenvalue weighted by molar-refractivity contribution is -0.117. The highest BCUT2D eigenvalue weighted by atomic mass is 16.5. The molecule has 2 rings (SSSR count). The van der Waals surface area contributed by atoms with E-state index in [1.165, 1.54) is 0 Å². The van der Waals surface area contributed by atoms with E-state index in [0.29, 0.717) is 6.61 Å². The Bertz CT molecular complexity index is 636. The smallest absolute Gasteiger partial charge is 0.244 e. The fourth-order valence-electron chi connectivity index (χ4n) is 1.89. The highest BCUT2D eigenvalue weighted by molar-refractivity contribution is 5.91.